The van der Waals surface area contributed by atoms with Gasteiger partial charge in [-0.25, -0.2) is 4.79 Å². The van der Waals surface area contributed by atoms with Gasteiger partial charge in [0.05, 0.1) is 19.1 Å². The summed E-state index contributed by atoms with van der Waals surface area (Å²) in [6.07, 6.45) is 0.903. The number of thioether (sulfide) groups is 1. The van der Waals surface area contributed by atoms with Gasteiger partial charge in [-0.05, 0) is 30.7 Å². The van der Waals surface area contributed by atoms with Crippen molar-refractivity contribution in [3.05, 3.63) is 28.7 Å². The molecule has 1 aliphatic rings. The number of amides is 1. The molecule has 0 aromatic heterocycles. The summed E-state index contributed by atoms with van der Waals surface area (Å²) in [4.78, 5) is 36.2. The molecular formula is C17H17NO7S2. The molecule has 1 aromatic rings. The van der Waals surface area contributed by atoms with Gasteiger partial charge in [-0.1, -0.05) is 24.0 Å². The number of carboxylic acids is 2. The highest BCUT2D eigenvalue weighted by atomic mass is 32.2. The van der Waals surface area contributed by atoms with E-state index >= 15 is 0 Å². The number of ether oxygens (including phenoxy) is 2. The molecule has 8 nitrogen and oxygen atoms in total. The van der Waals surface area contributed by atoms with Crippen molar-refractivity contribution in [3.8, 4) is 11.5 Å². The van der Waals surface area contributed by atoms with Gasteiger partial charge in [-0.3, -0.25) is 14.5 Å². The van der Waals surface area contributed by atoms with Gasteiger partial charge in [-0.15, -0.1) is 0 Å². The maximum Gasteiger partial charge on any atom is 0.326 e. The molecule has 144 valence electrons. The molecule has 0 aliphatic carbocycles. The van der Waals surface area contributed by atoms with Gasteiger partial charge in [-0.2, -0.15) is 0 Å². The Hall–Kier alpha value is -2.59. The SMILES string of the molecule is COc1ccc(OC)c(/C=C2\SC(=S)N([C@H](CCC(=O)O)C(=O)O)C2=O)c1. The number of carbonyl (C=O) groups is 3. The van der Waals surface area contributed by atoms with Gasteiger partial charge in [0.2, 0.25) is 0 Å². The van der Waals surface area contributed by atoms with Crippen LogP contribution in [0, 0.1) is 0 Å². The third kappa shape index (κ3) is 4.77. The van der Waals surface area contributed by atoms with Crippen molar-refractivity contribution in [2.24, 2.45) is 0 Å². The van der Waals surface area contributed by atoms with E-state index < -0.39 is 30.3 Å². The Balaban J connectivity index is 2.35. The maximum atomic E-state index is 12.7. The van der Waals surface area contributed by atoms with Crippen LogP contribution in [0.2, 0.25) is 0 Å². The minimum absolute atomic E-state index is 0.0610. The second kappa shape index (κ2) is 8.87. The second-order valence-electron chi connectivity index (χ2n) is 5.45. The molecule has 2 rings (SSSR count). The van der Waals surface area contributed by atoms with E-state index in [9.17, 15) is 19.5 Å². The number of methoxy groups -OCH3 is 2. The summed E-state index contributed by atoms with van der Waals surface area (Å²) >= 11 is 6.11. The first-order valence-electron chi connectivity index (χ1n) is 7.72. The smallest absolute Gasteiger partial charge is 0.326 e. The van der Waals surface area contributed by atoms with Gasteiger partial charge in [0.1, 0.15) is 21.9 Å². The zero-order chi connectivity index (χ0) is 20.1. The fourth-order valence-electron chi connectivity index (χ4n) is 2.47. The lowest BCUT2D eigenvalue weighted by atomic mass is 10.1. The lowest BCUT2D eigenvalue weighted by molar-refractivity contribution is -0.146. The second-order valence-corrected chi connectivity index (χ2v) is 7.12. The Bertz CT molecular complexity index is 821. The third-order valence-electron chi connectivity index (χ3n) is 3.78. The summed E-state index contributed by atoms with van der Waals surface area (Å²) in [7, 11) is 2.99. The van der Waals surface area contributed by atoms with Gasteiger partial charge in [0, 0.05) is 12.0 Å². The average molecular weight is 411 g/mol. The predicted molar refractivity (Wildman–Crippen MR) is 103 cm³/mol. The molecule has 27 heavy (non-hydrogen) atoms. The highest BCUT2D eigenvalue weighted by Crippen LogP contribution is 2.37. The Morgan fingerprint density at radius 1 is 1.30 bits per heavy atom. The molecule has 1 heterocycles. The number of hydrogen-bond acceptors (Lipinski definition) is 7. The first kappa shape index (κ1) is 20.7. The van der Waals surface area contributed by atoms with E-state index in [0.29, 0.717) is 17.1 Å². The zero-order valence-corrected chi connectivity index (χ0v) is 16.1. The third-order valence-corrected chi connectivity index (χ3v) is 5.11. The minimum atomic E-state index is -1.34. The van der Waals surface area contributed by atoms with Gasteiger partial charge in [0.15, 0.2) is 0 Å². The number of benzene rings is 1. The molecular weight excluding hydrogens is 394 g/mol. The highest BCUT2D eigenvalue weighted by Gasteiger charge is 2.40. The van der Waals surface area contributed by atoms with Gasteiger partial charge in [0.25, 0.3) is 5.91 Å². The Kier molecular flexibility index (Phi) is 6.81. The summed E-state index contributed by atoms with van der Waals surface area (Å²) in [5.41, 5.74) is 0.565. The number of carbonyl (C=O) groups excluding carboxylic acids is 1. The van der Waals surface area contributed by atoms with E-state index in [1.807, 2.05) is 0 Å². The molecule has 0 radical (unpaired) electrons. The average Bonchev–Trinajstić information content (AvgIpc) is 2.89. The van der Waals surface area contributed by atoms with E-state index in [2.05, 4.69) is 0 Å². The molecule has 1 amide bonds. The van der Waals surface area contributed by atoms with Crippen LogP contribution in [-0.2, 0) is 14.4 Å². The summed E-state index contributed by atoms with van der Waals surface area (Å²) in [6.45, 7) is 0. The molecule has 0 spiro atoms. The molecule has 1 atom stereocenters. The number of carboxylic acid groups (broad SMARTS) is 2. The fourth-order valence-corrected chi connectivity index (χ4v) is 3.81. The predicted octanol–water partition coefficient (Wildman–Crippen LogP) is 2.22. The zero-order valence-electron chi connectivity index (χ0n) is 14.5. The molecule has 1 aliphatic heterocycles. The molecule has 0 saturated carbocycles. The Labute approximate surface area is 164 Å². The van der Waals surface area contributed by atoms with Crippen molar-refractivity contribution in [3.63, 3.8) is 0 Å². The van der Waals surface area contributed by atoms with Crippen molar-refractivity contribution < 1.29 is 34.1 Å². The van der Waals surface area contributed by atoms with Crippen LogP contribution in [0.25, 0.3) is 6.08 Å². The lowest BCUT2D eigenvalue weighted by Crippen LogP contribution is -2.44. The van der Waals surface area contributed by atoms with Crippen LogP contribution in [0.3, 0.4) is 0 Å². The number of aliphatic carboxylic acids is 2. The van der Waals surface area contributed by atoms with E-state index in [1.54, 1.807) is 18.2 Å². The van der Waals surface area contributed by atoms with Crippen molar-refractivity contribution in [2.45, 2.75) is 18.9 Å². The van der Waals surface area contributed by atoms with Crippen molar-refractivity contribution in [2.75, 3.05) is 14.2 Å². The Morgan fingerprint density at radius 2 is 2.00 bits per heavy atom. The maximum absolute atomic E-state index is 12.7. The van der Waals surface area contributed by atoms with Crippen molar-refractivity contribution >= 4 is 52.2 Å². The normalized spacial score (nSPS) is 16.5. The van der Waals surface area contributed by atoms with Crippen molar-refractivity contribution in [1.29, 1.82) is 0 Å². The van der Waals surface area contributed by atoms with Crippen LogP contribution in [0.4, 0.5) is 0 Å². The van der Waals surface area contributed by atoms with E-state index in [4.69, 9.17) is 26.8 Å². The monoisotopic (exact) mass is 411 g/mol. The lowest BCUT2D eigenvalue weighted by Gasteiger charge is -2.22. The molecule has 1 fully saturated rings. The summed E-state index contributed by atoms with van der Waals surface area (Å²) in [5, 5.41) is 18.2. The summed E-state index contributed by atoms with van der Waals surface area (Å²) in [5.74, 6) is -1.99. The van der Waals surface area contributed by atoms with Crippen molar-refractivity contribution in [1.82, 2.24) is 4.90 Å². The fraction of sp³-hybridized carbons (Fsp3) is 0.294. The minimum Gasteiger partial charge on any atom is -0.497 e. The molecule has 1 aromatic carbocycles. The number of hydrogen-bond donors (Lipinski definition) is 2. The quantitative estimate of drug-likeness (QED) is 0.491. The summed E-state index contributed by atoms with van der Waals surface area (Å²) in [6, 6.07) is 3.71. The first-order chi connectivity index (χ1) is 12.8. The highest BCUT2D eigenvalue weighted by molar-refractivity contribution is 8.26. The largest absolute Gasteiger partial charge is 0.497 e. The topological polar surface area (TPSA) is 113 Å². The first-order valence-corrected chi connectivity index (χ1v) is 8.94. The molecule has 2 N–H and O–H groups in total. The molecule has 1 saturated heterocycles. The van der Waals surface area contributed by atoms with E-state index in [1.165, 1.54) is 20.3 Å². The number of thiocarbonyl (C=S) groups is 1. The molecule has 0 unspecified atom stereocenters. The van der Waals surface area contributed by atoms with Gasteiger partial charge >= 0.3 is 11.9 Å². The van der Waals surface area contributed by atoms with Crippen LogP contribution in [-0.4, -0.2) is 57.5 Å². The number of rotatable bonds is 8. The van der Waals surface area contributed by atoms with Crippen LogP contribution in [0.15, 0.2) is 23.1 Å². The van der Waals surface area contributed by atoms with Crippen LogP contribution < -0.4 is 9.47 Å². The van der Waals surface area contributed by atoms with Crippen LogP contribution >= 0.6 is 24.0 Å². The van der Waals surface area contributed by atoms with E-state index in [0.717, 1.165) is 16.7 Å². The van der Waals surface area contributed by atoms with Crippen LogP contribution in [0.1, 0.15) is 18.4 Å². The van der Waals surface area contributed by atoms with Crippen LogP contribution in [0.5, 0.6) is 11.5 Å². The molecule has 10 heteroatoms. The van der Waals surface area contributed by atoms with Gasteiger partial charge < -0.3 is 19.7 Å². The van der Waals surface area contributed by atoms with E-state index in [-0.39, 0.29) is 15.6 Å². The summed E-state index contributed by atoms with van der Waals surface area (Å²) < 4.78 is 10.5. The standard InChI is InChI=1S/C17H17NO7S2/c1-24-10-3-5-12(25-2)9(7-10)8-13-15(21)18(17(26)27-13)11(16(22)23)4-6-14(19)20/h3,5,7-8,11H,4,6H2,1-2H3,(H,19,20)(H,22,23)/b13-8-/t11-/m1/s1. The molecule has 0 bridgehead atoms. The number of nitrogens with zero attached hydrogens (tertiary/aromatic N) is 1. The Morgan fingerprint density at radius 3 is 2.56 bits per heavy atom.